The molecule has 0 aliphatic rings. The van der Waals surface area contributed by atoms with Crippen LogP contribution in [0.4, 0.5) is 0 Å². The Hall–Kier alpha value is -0.220. The zero-order valence-corrected chi connectivity index (χ0v) is 12.0. The molecule has 0 saturated carbocycles. The average molecular weight is 318 g/mol. The van der Waals surface area contributed by atoms with Crippen molar-refractivity contribution in [2.24, 2.45) is 0 Å². The molecule has 0 radical (unpaired) electrons. The topological polar surface area (TPSA) is 54.4 Å². The molecule has 0 unspecified atom stereocenters. The van der Waals surface area contributed by atoms with E-state index in [4.69, 9.17) is 4.55 Å². The summed E-state index contributed by atoms with van der Waals surface area (Å²) in [6.07, 6.45) is 0.433. The van der Waals surface area contributed by atoms with Gasteiger partial charge in [0.1, 0.15) is 0 Å². The van der Waals surface area contributed by atoms with E-state index in [1.807, 2.05) is 60.7 Å². The van der Waals surface area contributed by atoms with Gasteiger partial charge in [-0.3, -0.25) is 4.55 Å². The van der Waals surface area contributed by atoms with Crippen molar-refractivity contribution in [3.8, 4) is 0 Å². The summed E-state index contributed by atoms with van der Waals surface area (Å²) in [6.45, 7) is 0. The molecule has 2 aromatic rings. The van der Waals surface area contributed by atoms with Crippen LogP contribution < -0.4 is 10.6 Å². The van der Waals surface area contributed by atoms with E-state index < -0.39 is 18.0 Å². The van der Waals surface area contributed by atoms with Gasteiger partial charge in [0.25, 0.3) is 10.1 Å². The van der Waals surface area contributed by atoms with Crippen LogP contribution in [0.2, 0.25) is 0 Å². The van der Waals surface area contributed by atoms with Gasteiger partial charge < -0.3 is 0 Å². The van der Waals surface area contributed by atoms with Crippen molar-refractivity contribution in [3.63, 3.8) is 0 Å². The number of hydrogen-bond acceptors (Lipinski definition) is 2. The van der Waals surface area contributed by atoms with Crippen LogP contribution in [-0.2, 0) is 10.1 Å². The van der Waals surface area contributed by atoms with E-state index in [2.05, 4.69) is 0 Å². The Labute approximate surface area is 143 Å². The minimum atomic E-state index is -3.92. The summed E-state index contributed by atoms with van der Waals surface area (Å²) in [5, 5.41) is 2.24. The van der Waals surface area contributed by atoms with Crippen LogP contribution in [0.5, 0.6) is 0 Å². The predicted molar refractivity (Wildman–Crippen MR) is 87.5 cm³/mol. The molecule has 0 amide bonds. The van der Waals surface area contributed by atoms with Crippen molar-refractivity contribution in [1.82, 2.24) is 0 Å². The molecule has 2 rings (SSSR count). The summed E-state index contributed by atoms with van der Waals surface area (Å²) in [7, 11) is -4.67. The quantitative estimate of drug-likeness (QED) is 0.514. The summed E-state index contributed by atoms with van der Waals surface area (Å²) in [4.78, 5) is 0. The molecule has 20 heavy (non-hydrogen) atoms. The maximum atomic E-state index is 11.0. The van der Waals surface area contributed by atoms with Gasteiger partial charge in [-0.1, -0.05) is 60.7 Å². The molecule has 6 heteroatoms. The fourth-order valence-corrected chi connectivity index (χ4v) is 5.36. The molecule has 0 aliphatic heterocycles. The van der Waals surface area contributed by atoms with Gasteiger partial charge in [0.15, 0.2) is 0 Å². The standard InChI is InChI=1S/C14H15O3PS.Na.H/c15-19(16,17)12-11-18(13-7-3-1-4-8-13)14-9-5-2-6-10-14;;/h1-10H,11-12H2,(H,15,16,17);;. The molecule has 3 nitrogen and oxygen atoms in total. The number of benzene rings is 2. The Bertz CT molecular complexity index is 578. The summed E-state index contributed by atoms with van der Waals surface area (Å²) in [5.41, 5.74) is 0. The van der Waals surface area contributed by atoms with Crippen molar-refractivity contribution in [1.29, 1.82) is 0 Å². The van der Waals surface area contributed by atoms with Gasteiger partial charge in [-0.05, 0) is 24.7 Å². The van der Waals surface area contributed by atoms with Crippen molar-refractivity contribution in [2.45, 2.75) is 0 Å². The fraction of sp³-hybridized carbons (Fsp3) is 0.143. The fourth-order valence-electron chi connectivity index (χ4n) is 1.83. The first-order valence-electron chi connectivity index (χ1n) is 5.89. The second kappa shape index (κ2) is 8.28. The molecule has 0 bridgehead atoms. The first-order chi connectivity index (χ1) is 9.06. The molecule has 2 aromatic carbocycles. The first-order valence-corrected chi connectivity index (χ1v) is 9.03. The Kier molecular flexibility index (Phi) is 7.38. The maximum absolute atomic E-state index is 11.0. The van der Waals surface area contributed by atoms with E-state index in [0.717, 1.165) is 10.6 Å². The van der Waals surface area contributed by atoms with Crippen molar-refractivity contribution >= 4 is 58.2 Å². The Balaban J connectivity index is 0.00000200. The van der Waals surface area contributed by atoms with E-state index in [1.54, 1.807) is 0 Å². The second-order valence-electron chi connectivity index (χ2n) is 4.11. The van der Waals surface area contributed by atoms with Crippen molar-refractivity contribution in [2.75, 3.05) is 11.9 Å². The molecule has 102 valence electrons. The molecule has 1 N–H and O–H groups in total. The van der Waals surface area contributed by atoms with Crippen LogP contribution in [0, 0.1) is 0 Å². The van der Waals surface area contributed by atoms with Crippen LogP contribution in [0.1, 0.15) is 0 Å². The zero-order valence-electron chi connectivity index (χ0n) is 10.3. The first kappa shape index (κ1) is 17.8. The van der Waals surface area contributed by atoms with Crippen LogP contribution in [0.15, 0.2) is 60.7 Å². The van der Waals surface area contributed by atoms with Crippen LogP contribution in [0.25, 0.3) is 0 Å². The SMILES string of the molecule is O=S(=O)(O)CCP(c1ccccc1)c1ccccc1.[NaH]. The molecule has 0 spiro atoms. The summed E-state index contributed by atoms with van der Waals surface area (Å²) < 4.78 is 30.9. The van der Waals surface area contributed by atoms with Gasteiger partial charge in [0.2, 0.25) is 0 Å². The number of hydrogen-bond donors (Lipinski definition) is 1. The third kappa shape index (κ3) is 5.65. The van der Waals surface area contributed by atoms with E-state index in [1.165, 1.54) is 0 Å². The van der Waals surface area contributed by atoms with E-state index in [-0.39, 0.29) is 35.3 Å². The van der Waals surface area contributed by atoms with Crippen LogP contribution >= 0.6 is 7.92 Å². The van der Waals surface area contributed by atoms with Crippen molar-refractivity contribution in [3.05, 3.63) is 60.7 Å². The summed E-state index contributed by atoms with van der Waals surface area (Å²) in [5.74, 6) is -0.206. The molecular formula is C14H16NaO3PS. The minimum absolute atomic E-state index is 0. The van der Waals surface area contributed by atoms with Gasteiger partial charge in [-0.2, -0.15) is 8.42 Å². The van der Waals surface area contributed by atoms with Crippen LogP contribution in [0.3, 0.4) is 0 Å². The Morgan fingerprint density at radius 2 is 1.25 bits per heavy atom. The Morgan fingerprint density at radius 1 is 0.850 bits per heavy atom. The predicted octanol–water partition coefficient (Wildman–Crippen LogP) is 1.36. The van der Waals surface area contributed by atoms with E-state index in [9.17, 15) is 8.42 Å². The van der Waals surface area contributed by atoms with E-state index >= 15 is 0 Å². The molecule has 0 aromatic heterocycles. The van der Waals surface area contributed by atoms with E-state index in [0.29, 0.717) is 6.16 Å². The van der Waals surface area contributed by atoms with Gasteiger partial charge in [-0.25, -0.2) is 0 Å². The zero-order chi connectivity index (χ0) is 13.7. The summed E-state index contributed by atoms with van der Waals surface area (Å²) in [6, 6.07) is 19.7. The summed E-state index contributed by atoms with van der Waals surface area (Å²) >= 11 is 0. The third-order valence-electron chi connectivity index (χ3n) is 2.71. The molecule has 0 aliphatic carbocycles. The molecule has 0 fully saturated rings. The Morgan fingerprint density at radius 3 is 1.60 bits per heavy atom. The monoisotopic (exact) mass is 318 g/mol. The van der Waals surface area contributed by atoms with Crippen molar-refractivity contribution < 1.29 is 13.0 Å². The normalized spacial score (nSPS) is 11.1. The molecule has 0 heterocycles. The van der Waals surface area contributed by atoms with Gasteiger partial charge in [0.05, 0.1) is 5.75 Å². The molecular weight excluding hydrogens is 302 g/mol. The molecule has 0 atom stereocenters. The second-order valence-corrected chi connectivity index (χ2v) is 8.02. The third-order valence-corrected chi connectivity index (χ3v) is 6.24. The van der Waals surface area contributed by atoms with Crippen LogP contribution in [-0.4, -0.2) is 54.4 Å². The number of rotatable bonds is 5. The van der Waals surface area contributed by atoms with Gasteiger partial charge in [-0.15, -0.1) is 0 Å². The van der Waals surface area contributed by atoms with Gasteiger partial charge in [0, 0.05) is 0 Å². The average Bonchev–Trinajstić information content (AvgIpc) is 2.40. The molecule has 0 saturated heterocycles. The van der Waals surface area contributed by atoms with Gasteiger partial charge >= 0.3 is 29.6 Å².